The summed E-state index contributed by atoms with van der Waals surface area (Å²) in [4.78, 5) is 20.6. The van der Waals surface area contributed by atoms with Gasteiger partial charge in [-0.05, 0) is 49.2 Å². The Morgan fingerprint density at radius 3 is 2.43 bits per heavy atom. The highest BCUT2D eigenvalue weighted by Gasteiger charge is 2.23. The van der Waals surface area contributed by atoms with E-state index in [0.29, 0.717) is 25.5 Å². The van der Waals surface area contributed by atoms with Crippen molar-refractivity contribution >= 4 is 34.0 Å². The Balaban J connectivity index is 1.16. The van der Waals surface area contributed by atoms with Crippen LogP contribution in [0, 0.1) is 0 Å². The van der Waals surface area contributed by atoms with Gasteiger partial charge in [0, 0.05) is 54.6 Å². The minimum atomic E-state index is -0.244. The lowest BCUT2D eigenvalue weighted by Gasteiger charge is -2.35. The number of piperazine rings is 1. The zero-order chi connectivity index (χ0) is 30.2. The number of nitrogens with zero attached hydrogens (tertiary/aromatic N) is 7. The molecular weight excluding hydrogens is 552 g/mol. The zero-order valence-electron chi connectivity index (χ0n) is 24.8. The van der Waals surface area contributed by atoms with Gasteiger partial charge in [-0.2, -0.15) is 10.2 Å². The van der Waals surface area contributed by atoms with Crippen LogP contribution < -0.4 is 10.6 Å². The van der Waals surface area contributed by atoms with Crippen molar-refractivity contribution in [1.29, 1.82) is 0 Å². The number of carbonyl (C=O) groups excluding carboxylic acids is 1. The molecule has 0 saturated carbocycles. The molecule has 10 nitrogen and oxygen atoms in total. The van der Waals surface area contributed by atoms with E-state index in [1.54, 1.807) is 4.90 Å². The zero-order valence-corrected chi connectivity index (χ0v) is 24.8. The molecule has 1 saturated heterocycles. The predicted molar refractivity (Wildman–Crippen MR) is 173 cm³/mol. The Labute approximate surface area is 255 Å². The van der Waals surface area contributed by atoms with E-state index in [1.807, 2.05) is 41.2 Å². The lowest BCUT2D eigenvalue weighted by molar-refractivity contribution is 0.0751. The second-order valence-corrected chi connectivity index (χ2v) is 11.4. The highest BCUT2D eigenvalue weighted by Crippen LogP contribution is 2.36. The van der Waals surface area contributed by atoms with E-state index in [0.717, 1.165) is 57.6 Å². The molecule has 4 heterocycles. The summed E-state index contributed by atoms with van der Waals surface area (Å²) in [5.41, 5.74) is 14.3. The number of nitrogens with two attached hydrogens (primary N) is 1. The molecular formula is C34H34N8O2. The minimum Gasteiger partial charge on any atom is -0.447 e. The number of hydrogen-bond acceptors (Lipinski definition) is 7. The van der Waals surface area contributed by atoms with Crippen molar-refractivity contribution < 1.29 is 9.53 Å². The third-order valence-corrected chi connectivity index (χ3v) is 8.04. The summed E-state index contributed by atoms with van der Waals surface area (Å²) in [6.07, 6.45) is 3.20. The van der Waals surface area contributed by atoms with Gasteiger partial charge in [-0.15, -0.1) is 0 Å². The first kappa shape index (κ1) is 27.5. The summed E-state index contributed by atoms with van der Waals surface area (Å²) in [6, 6.07) is 27.2. The first-order valence-corrected chi connectivity index (χ1v) is 14.9. The van der Waals surface area contributed by atoms with Crippen LogP contribution in [0.5, 0.6) is 0 Å². The van der Waals surface area contributed by atoms with Crippen molar-refractivity contribution in [2.24, 2.45) is 0 Å². The first-order valence-electron chi connectivity index (χ1n) is 14.9. The number of ether oxygens (including phenoxy) is 1. The summed E-state index contributed by atoms with van der Waals surface area (Å²) in [5.74, 6) is 0.418. The summed E-state index contributed by atoms with van der Waals surface area (Å²) in [7, 11) is 0. The van der Waals surface area contributed by atoms with Crippen molar-refractivity contribution in [3.8, 4) is 22.4 Å². The average Bonchev–Trinajstić information content (AvgIpc) is 3.63. The van der Waals surface area contributed by atoms with E-state index >= 15 is 0 Å². The Kier molecular flexibility index (Phi) is 7.09. The van der Waals surface area contributed by atoms with E-state index < -0.39 is 0 Å². The third-order valence-electron chi connectivity index (χ3n) is 8.04. The molecule has 3 aromatic heterocycles. The molecule has 0 unspecified atom stereocenters. The van der Waals surface area contributed by atoms with E-state index in [2.05, 4.69) is 81.8 Å². The normalized spacial score (nSPS) is 13.7. The molecule has 3 aromatic carbocycles. The van der Waals surface area contributed by atoms with Crippen LogP contribution >= 0.6 is 0 Å². The molecule has 0 radical (unpaired) electrons. The van der Waals surface area contributed by atoms with Gasteiger partial charge in [0.1, 0.15) is 11.8 Å². The van der Waals surface area contributed by atoms with Gasteiger partial charge in [0.05, 0.1) is 23.9 Å². The fourth-order valence-corrected chi connectivity index (χ4v) is 5.85. The van der Waals surface area contributed by atoms with Crippen molar-refractivity contribution in [2.75, 3.05) is 36.8 Å². The average molecular weight is 587 g/mol. The van der Waals surface area contributed by atoms with E-state index in [9.17, 15) is 4.79 Å². The molecule has 6 aromatic rings. The molecule has 1 aliphatic rings. The third kappa shape index (κ3) is 5.30. The number of benzene rings is 3. The van der Waals surface area contributed by atoms with Crippen LogP contribution in [0.4, 0.5) is 16.3 Å². The van der Waals surface area contributed by atoms with Crippen LogP contribution in [0.25, 0.3) is 38.8 Å². The molecule has 0 spiro atoms. The molecule has 1 aliphatic heterocycles. The van der Waals surface area contributed by atoms with Crippen LogP contribution in [0.2, 0.25) is 0 Å². The molecule has 0 aliphatic carbocycles. The Morgan fingerprint density at radius 2 is 1.68 bits per heavy atom. The van der Waals surface area contributed by atoms with Gasteiger partial charge in [-0.1, -0.05) is 54.6 Å². The summed E-state index contributed by atoms with van der Waals surface area (Å²) >= 11 is 0. The number of rotatable bonds is 6. The number of hydrogen-bond donors (Lipinski definition) is 1. The summed E-state index contributed by atoms with van der Waals surface area (Å²) in [6.45, 7) is 7.20. The van der Waals surface area contributed by atoms with Crippen molar-refractivity contribution in [1.82, 2.24) is 29.3 Å². The van der Waals surface area contributed by atoms with Crippen LogP contribution in [0.1, 0.15) is 19.4 Å². The molecule has 1 amide bonds. The van der Waals surface area contributed by atoms with Crippen LogP contribution in [-0.2, 0) is 11.3 Å². The molecule has 10 heteroatoms. The Morgan fingerprint density at radius 1 is 0.932 bits per heavy atom. The smallest absolute Gasteiger partial charge is 0.410 e. The summed E-state index contributed by atoms with van der Waals surface area (Å²) in [5, 5.41) is 10.5. The number of anilines is 2. The van der Waals surface area contributed by atoms with Gasteiger partial charge in [-0.3, -0.25) is 4.68 Å². The van der Waals surface area contributed by atoms with Crippen molar-refractivity contribution in [3.05, 3.63) is 97.0 Å². The topological polar surface area (TPSA) is 107 Å². The lowest BCUT2D eigenvalue weighted by atomic mass is 10.0. The largest absolute Gasteiger partial charge is 0.447 e. The highest BCUT2D eigenvalue weighted by atomic mass is 16.6. The van der Waals surface area contributed by atoms with Crippen LogP contribution in [0.3, 0.4) is 0 Å². The molecule has 1 fully saturated rings. The first-order chi connectivity index (χ1) is 21.4. The molecule has 7 rings (SSSR count). The molecule has 2 N–H and O–H groups in total. The second-order valence-electron chi connectivity index (χ2n) is 11.4. The monoisotopic (exact) mass is 586 g/mol. The van der Waals surface area contributed by atoms with Gasteiger partial charge < -0.3 is 20.3 Å². The van der Waals surface area contributed by atoms with Gasteiger partial charge in [-0.25, -0.2) is 14.3 Å². The fraction of sp³-hybridized carbons (Fsp3) is 0.235. The summed E-state index contributed by atoms with van der Waals surface area (Å²) < 4.78 is 9.20. The Bertz CT molecular complexity index is 1940. The quantitative estimate of drug-likeness (QED) is 0.266. The van der Waals surface area contributed by atoms with Crippen molar-refractivity contribution in [2.45, 2.75) is 26.5 Å². The molecule has 222 valence electrons. The molecule has 44 heavy (non-hydrogen) atoms. The maximum atomic E-state index is 12.3. The number of fused-ring (bicyclic) bond motifs is 2. The second kappa shape index (κ2) is 11.4. The molecule has 0 atom stereocenters. The number of nitrogen functional groups attached to an aromatic ring is 1. The minimum absolute atomic E-state index is 0.120. The van der Waals surface area contributed by atoms with Gasteiger partial charge in [0.15, 0.2) is 5.82 Å². The highest BCUT2D eigenvalue weighted by molar-refractivity contribution is 5.95. The van der Waals surface area contributed by atoms with Gasteiger partial charge >= 0.3 is 6.09 Å². The van der Waals surface area contributed by atoms with E-state index in [-0.39, 0.29) is 12.2 Å². The van der Waals surface area contributed by atoms with E-state index in [4.69, 9.17) is 15.6 Å². The van der Waals surface area contributed by atoms with Gasteiger partial charge in [0.2, 0.25) is 0 Å². The fourth-order valence-electron chi connectivity index (χ4n) is 5.85. The lowest BCUT2D eigenvalue weighted by Crippen LogP contribution is -2.49. The maximum Gasteiger partial charge on any atom is 0.410 e. The van der Waals surface area contributed by atoms with Gasteiger partial charge in [0.25, 0.3) is 0 Å². The maximum absolute atomic E-state index is 12.3. The Hall–Kier alpha value is -5.38. The van der Waals surface area contributed by atoms with Crippen LogP contribution in [-0.4, -0.2) is 67.7 Å². The number of aromatic nitrogens is 5. The predicted octanol–water partition coefficient (Wildman–Crippen LogP) is 5.71. The van der Waals surface area contributed by atoms with Crippen molar-refractivity contribution in [3.63, 3.8) is 0 Å². The van der Waals surface area contributed by atoms with E-state index in [1.165, 1.54) is 11.9 Å². The molecule has 0 bridgehead atoms. The standard InChI is InChI=1S/C34H34N8O2/c1-23(2)44-34(43)40-16-14-39(15-17-40)28-12-10-25(11-13-28)31-19-29(32-33(35)36-22-37-42(31)32)26-8-9-27-21-41(38-30(27)18-26)20-24-6-4-3-5-7-24/h3-13,18-19,21-23H,14-17,20H2,1-2H3,(H2,35,36,37). The van der Waals surface area contributed by atoms with Crippen LogP contribution in [0.15, 0.2) is 91.4 Å². The SMILES string of the molecule is CC(C)OC(=O)N1CCN(c2ccc(-c3cc(-c4ccc5cn(Cc6ccccc6)nc5c4)c4c(N)ncnn34)cc2)CC1. The number of carbonyl (C=O) groups is 1. The number of amides is 1.